The van der Waals surface area contributed by atoms with E-state index < -0.39 is 54.7 Å². The summed E-state index contributed by atoms with van der Waals surface area (Å²) in [7, 11) is -18.2. The SMILES string of the molecule is Nc1ncnc2c1ncn2C1OC(COP(=O)([O-])OP(=O)([O-])OP(=O)([O-])[O-])C(O)C1F.[Li+].[Li+].[Li+].[Li+]. The van der Waals surface area contributed by atoms with Crippen LogP contribution in [0.4, 0.5) is 10.2 Å². The molecule has 3 rings (SSSR count). The number of nitrogen functional groups attached to an aromatic ring is 1. The van der Waals surface area contributed by atoms with Gasteiger partial charge in [-0.25, -0.2) is 23.7 Å². The average molecular weight is 533 g/mol. The molecule has 0 aliphatic carbocycles. The molecular weight excluding hydrogens is 522 g/mol. The van der Waals surface area contributed by atoms with E-state index in [2.05, 4.69) is 28.1 Å². The van der Waals surface area contributed by atoms with Crippen molar-refractivity contribution in [1.29, 1.82) is 0 Å². The van der Waals surface area contributed by atoms with Gasteiger partial charge in [0.15, 0.2) is 23.9 Å². The molecule has 0 saturated carbocycles. The zero-order valence-corrected chi connectivity index (χ0v) is 21.4. The van der Waals surface area contributed by atoms with E-state index in [-0.39, 0.29) is 92.4 Å². The van der Waals surface area contributed by atoms with Crippen molar-refractivity contribution < 1.29 is 136 Å². The molecule has 6 atom stereocenters. The van der Waals surface area contributed by atoms with Crippen LogP contribution in [0.2, 0.25) is 0 Å². The molecule has 3 N–H and O–H groups in total. The first-order valence-corrected chi connectivity index (χ1v) is 12.2. The summed E-state index contributed by atoms with van der Waals surface area (Å²) in [6.45, 7) is -1.16. The number of phosphoric ester groups is 1. The molecule has 0 amide bonds. The zero-order chi connectivity index (χ0) is 23.2. The topological polar surface area (TPSA) is 270 Å². The van der Waals surface area contributed by atoms with E-state index in [9.17, 15) is 42.8 Å². The third-order valence-electron chi connectivity index (χ3n) is 3.75. The molecule has 0 spiro atoms. The number of fused-ring (bicyclic) bond motifs is 1. The predicted octanol–water partition coefficient (Wildman–Crippen LogP) is -15.2. The number of aromatic nitrogens is 4. The van der Waals surface area contributed by atoms with Gasteiger partial charge in [-0.05, 0) is 0 Å². The molecule has 0 bridgehead atoms. The smallest absolute Gasteiger partial charge is 0.790 e. The second-order valence-corrected chi connectivity index (χ2v) is 10.1. The number of aliphatic hydroxyl groups excluding tert-OH is 1. The molecule has 0 aromatic carbocycles. The molecule has 1 fully saturated rings. The first-order chi connectivity index (χ1) is 14.2. The molecule has 25 heteroatoms. The average Bonchev–Trinajstić information content (AvgIpc) is 3.13. The van der Waals surface area contributed by atoms with Crippen molar-refractivity contribution in [2.75, 3.05) is 12.3 Å². The Morgan fingerprint density at radius 2 is 1.66 bits per heavy atom. The molecule has 6 unspecified atom stereocenters. The number of nitrogens with zero attached hydrogens (tertiary/aromatic N) is 4. The van der Waals surface area contributed by atoms with Gasteiger partial charge in [-0.1, -0.05) is 0 Å². The van der Waals surface area contributed by atoms with Crippen molar-refractivity contribution in [2.24, 2.45) is 0 Å². The Hall–Kier alpha value is 1.000. The van der Waals surface area contributed by atoms with Crippen molar-refractivity contribution in [2.45, 2.75) is 24.6 Å². The van der Waals surface area contributed by atoms with Crippen LogP contribution in [0.15, 0.2) is 12.7 Å². The van der Waals surface area contributed by atoms with Crippen molar-refractivity contribution in [3.63, 3.8) is 0 Å². The summed E-state index contributed by atoms with van der Waals surface area (Å²) in [5.41, 5.74) is 5.76. The summed E-state index contributed by atoms with van der Waals surface area (Å²) in [6, 6.07) is 0. The summed E-state index contributed by atoms with van der Waals surface area (Å²) in [4.78, 5) is 54.7. The summed E-state index contributed by atoms with van der Waals surface area (Å²) in [5.74, 6) is -0.0213. The molecule has 1 aliphatic rings. The van der Waals surface area contributed by atoms with Crippen molar-refractivity contribution in [1.82, 2.24) is 19.5 Å². The largest absolute Gasteiger partial charge is 1.00 e. The summed E-state index contributed by atoms with van der Waals surface area (Å²) in [6.07, 6.45) is -5.18. The van der Waals surface area contributed by atoms with Crippen LogP contribution in [0.5, 0.6) is 0 Å². The van der Waals surface area contributed by atoms with Crippen molar-refractivity contribution >= 4 is 40.4 Å². The van der Waals surface area contributed by atoms with E-state index in [1.54, 1.807) is 0 Å². The number of ether oxygens (including phenoxy) is 1. The van der Waals surface area contributed by atoms with Crippen molar-refractivity contribution in [3.8, 4) is 0 Å². The Bertz CT molecular complexity index is 1130. The summed E-state index contributed by atoms with van der Waals surface area (Å²) in [5, 5.41) is 9.97. The quantitative estimate of drug-likeness (QED) is 0.236. The van der Waals surface area contributed by atoms with Gasteiger partial charge < -0.3 is 44.2 Å². The fraction of sp³-hybridized carbons (Fsp3) is 0.500. The Balaban J connectivity index is 0. The second-order valence-electron chi connectivity index (χ2n) is 5.88. The Morgan fingerprint density at radius 1 is 1.06 bits per heavy atom. The number of phosphoric acid groups is 3. The van der Waals surface area contributed by atoms with Gasteiger partial charge in [0.1, 0.15) is 24.1 Å². The van der Waals surface area contributed by atoms with E-state index in [1.807, 2.05) is 0 Å². The van der Waals surface area contributed by atoms with E-state index in [0.29, 0.717) is 0 Å². The maximum atomic E-state index is 14.6. The van der Waals surface area contributed by atoms with Gasteiger partial charge in [0, 0.05) is 0 Å². The third-order valence-corrected chi connectivity index (χ3v) is 7.42. The normalized spacial score (nSPS) is 25.2. The number of hydrogen-bond donors (Lipinski definition) is 2. The number of imidazole rings is 1. The van der Waals surface area contributed by atoms with Gasteiger partial charge in [-0.15, -0.1) is 0 Å². The number of anilines is 1. The molecule has 17 nitrogen and oxygen atoms in total. The van der Waals surface area contributed by atoms with Crippen LogP contribution in [-0.4, -0.2) is 49.6 Å². The number of aliphatic hydroxyl groups is 1. The Kier molecular flexibility index (Phi) is 15.7. The zero-order valence-electron chi connectivity index (χ0n) is 18.7. The van der Waals surface area contributed by atoms with Crippen LogP contribution in [0.25, 0.3) is 11.2 Å². The van der Waals surface area contributed by atoms with E-state index >= 15 is 0 Å². The van der Waals surface area contributed by atoms with E-state index in [0.717, 1.165) is 17.2 Å². The van der Waals surface area contributed by atoms with Crippen molar-refractivity contribution in [3.05, 3.63) is 12.7 Å². The van der Waals surface area contributed by atoms with Gasteiger partial charge in [0.05, 0.1) is 20.8 Å². The Morgan fingerprint density at radius 3 is 2.23 bits per heavy atom. The molecule has 3 heterocycles. The fourth-order valence-electron chi connectivity index (χ4n) is 2.57. The van der Waals surface area contributed by atoms with Gasteiger partial charge >= 0.3 is 75.4 Å². The molecule has 2 aromatic heterocycles. The molecule has 2 aromatic rings. The number of hydrogen-bond acceptors (Lipinski definition) is 16. The van der Waals surface area contributed by atoms with Crippen LogP contribution < -0.4 is 101 Å². The minimum atomic E-state index is -6.16. The van der Waals surface area contributed by atoms with Gasteiger partial charge in [-0.2, -0.15) is 0 Å². The maximum Gasteiger partial charge on any atom is 1.00 e. The molecule has 174 valence electrons. The first-order valence-electron chi connectivity index (χ1n) is 7.81. The second kappa shape index (κ2) is 14.4. The Labute approximate surface area is 244 Å². The van der Waals surface area contributed by atoms with Gasteiger partial charge in [0.2, 0.25) is 0 Å². The monoisotopic (exact) mass is 533 g/mol. The first kappa shape index (κ1) is 38.1. The molecule has 0 radical (unpaired) electrons. The molecule has 1 saturated heterocycles. The van der Waals surface area contributed by atoms with Crippen LogP contribution in [0.3, 0.4) is 0 Å². The van der Waals surface area contributed by atoms with Crippen LogP contribution >= 0.6 is 23.5 Å². The van der Waals surface area contributed by atoms with Gasteiger partial charge in [-0.3, -0.25) is 18.0 Å². The molecule has 1 aliphatic heterocycles. The predicted molar refractivity (Wildman–Crippen MR) is 85.5 cm³/mol. The summed E-state index contributed by atoms with van der Waals surface area (Å²) < 4.78 is 64.3. The number of halogens is 1. The van der Waals surface area contributed by atoms with Crippen LogP contribution in [-0.2, 0) is 31.6 Å². The molecular formula is C10H11FLi4N5O12P3. The van der Waals surface area contributed by atoms with Crippen LogP contribution in [0.1, 0.15) is 6.23 Å². The minimum absolute atomic E-state index is 0. The van der Waals surface area contributed by atoms with Crippen LogP contribution in [0, 0.1) is 0 Å². The minimum Gasteiger partial charge on any atom is -0.790 e. The maximum absolute atomic E-state index is 14.6. The standard InChI is InChI=1S/C10H15FN5O12P3.4Li/c11-5-7(17)4(1-25-30(21,22)28-31(23,24)27-29(18,19)20)26-10(5)16-3-15-6-8(12)13-2-14-9(6)16;;;;/h2-5,7,10,17H,1H2,(H,21,22)(H,23,24)(H2,12,13,14)(H2,18,19,20);;;;/q;4*+1/p-4. The van der Waals surface area contributed by atoms with Gasteiger partial charge in [0.25, 0.3) is 15.6 Å². The molecule has 35 heavy (non-hydrogen) atoms. The number of rotatable bonds is 8. The van der Waals surface area contributed by atoms with E-state index in [1.165, 1.54) is 0 Å². The van der Waals surface area contributed by atoms with E-state index in [4.69, 9.17) is 10.5 Å². The number of nitrogens with two attached hydrogens (primary N) is 1. The fourth-order valence-corrected chi connectivity index (χ4v) is 5.43. The third kappa shape index (κ3) is 9.92. The number of alkyl halides is 1. The summed E-state index contributed by atoms with van der Waals surface area (Å²) >= 11 is 0.